The number of ether oxygens (including phenoxy) is 2. The van der Waals surface area contributed by atoms with Crippen LogP contribution in [-0.2, 0) is 4.74 Å². The third-order valence-corrected chi connectivity index (χ3v) is 3.04. The van der Waals surface area contributed by atoms with Crippen molar-refractivity contribution < 1.29 is 9.47 Å². The second-order valence-electron chi connectivity index (χ2n) is 4.83. The molecule has 94 valence electrons. The highest BCUT2D eigenvalue weighted by atomic mass is 16.5. The summed E-state index contributed by atoms with van der Waals surface area (Å²) in [5.74, 6) is 1.01. The van der Waals surface area contributed by atoms with Crippen LogP contribution in [0.3, 0.4) is 0 Å². The Hall–Kier alpha value is -1.06. The second kappa shape index (κ2) is 5.52. The van der Waals surface area contributed by atoms with Crippen LogP contribution < -0.4 is 10.1 Å². The molecule has 3 heteroatoms. The van der Waals surface area contributed by atoms with Gasteiger partial charge in [0.15, 0.2) is 0 Å². The van der Waals surface area contributed by atoms with Crippen LogP contribution >= 0.6 is 0 Å². The van der Waals surface area contributed by atoms with Crippen molar-refractivity contribution in [3.8, 4) is 5.75 Å². The molecule has 3 nitrogen and oxygen atoms in total. The first-order valence-corrected chi connectivity index (χ1v) is 6.19. The van der Waals surface area contributed by atoms with E-state index < -0.39 is 0 Å². The maximum absolute atomic E-state index is 5.91. The van der Waals surface area contributed by atoms with Gasteiger partial charge < -0.3 is 14.8 Å². The van der Waals surface area contributed by atoms with Crippen molar-refractivity contribution in [2.24, 2.45) is 0 Å². The minimum Gasteiger partial charge on any atom is -0.491 e. The zero-order valence-electron chi connectivity index (χ0n) is 10.8. The first-order chi connectivity index (χ1) is 8.16. The van der Waals surface area contributed by atoms with Gasteiger partial charge in [0.25, 0.3) is 0 Å². The van der Waals surface area contributed by atoms with Crippen LogP contribution in [0.25, 0.3) is 0 Å². The van der Waals surface area contributed by atoms with E-state index in [1.54, 1.807) is 0 Å². The molecule has 0 spiro atoms. The molecule has 1 aromatic rings. The van der Waals surface area contributed by atoms with Crippen LogP contribution in [0, 0.1) is 13.8 Å². The number of nitrogens with one attached hydrogen (secondary N) is 1. The van der Waals surface area contributed by atoms with Crippen LogP contribution in [0.1, 0.15) is 18.1 Å². The molecule has 1 saturated heterocycles. The van der Waals surface area contributed by atoms with Crippen molar-refractivity contribution in [3.05, 3.63) is 29.3 Å². The van der Waals surface area contributed by atoms with Crippen molar-refractivity contribution in [2.75, 3.05) is 19.8 Å². The van der Waals surface area contributed by atoms with E-state index in [-0.39, 0.29) is 6.04 Å². The van der Waals surface area contributed by atoms with Gasteiger partial charge in [-0.1, -0.05) is 18.2 Å². The van der Waals surface area contributed by atoms with E-state index >= 15 is 0 Å². The first kappa shape index (κ1) is 12.4. The SMILES string of the molecule is Cc1cccc(C)c1OCC1COCC(C)N1. The molecule has 0 bridgehead atoms. The van der Waals surface area contributed by atoms with E-state index in [0.717, 1.165) is 19.0 Å². The van der Waals surface area contributed by atoms with Gasteiger partial charge in [0.05, 0.1) is 19.3 Å². The van der Waals surface area contributed by atoms with Gasteiger partial charge in [0, 0.05) is 6.04 Å². The van der Waals surface area contributed by atoms with E-state index in [9.17, 15) is 0 Å². The van der Waals surface area contributed by atoms with Gasteiger partial charge in [-0.05, 0) is 31.9 Å². The smallest absolute Gasteiger partial charge is 0.125 e. The average molecular weight is 235 g/mol. The van der Waals surface area contributed by atoms with Crippen molar-refractivity contribution in [1.29, 1.82) is 0 Å². The Bertz CT molecular complexity index is 358. The molecule has 2 unspecified atom stereocenters. The molecule has 0 saturated carbocycles. The molecular formula is C14H21NO2. The van der Waals surface area contributed by atoms with E-state index in [2.05, 4.69) is 44.3 Å². The lowest BCUT2D eigenvalue weighted by atomic mass is 10.1. The number of hydrogen-bond acceptors (Lipinski definition) is 3. The van der Waals surface area contributed by atoms with Gasteiger partial charge in [-0.15, -0.1) is 0 Å². The quantitative estimate of drug-likeness (QED) is 0.870. The molecule has 1 aliphatic heterocycles. The van der Waals surface area contributed by atoms with Crippen molar-refractivity contribution in [1.82, 2.24) is 5.32 Å². The van der Waals surface area contributed by atoms with Gasteiger partial charge >= 0.3 is 0 Å². The molecule has 2 atom stereocenters. The lowest BCUT2D eigenvalue weighted by Gasteiger charge is -2.29. The maximum Gasteiger partial charge on any atom is 0.125 e. The van der Waals surface area contributed by atoms with Crippen molar-refractivity contribution >= 4 is 0 Å². The maximum atomic E-state index is 5.91. The summed E-state index contributed by atoms with van der Waals surface area (Å²) in [5, 5.41) is 3.48. The fourth-order valence-corrected chi connectivity index (χ4v) is 2.19. The third-order valence-electron chi connectivity index (χ3n) is 3.04. The van der Waals surface area contributed by atoms with Crippen LogP contribution in [0.5, 0.6) is 5.75 Å². The summed E-state index contributed by atoms with van der Waals surface area (Å²) in [6.45, 7) is 8.47. The van der Waals surface area contributed by atoms with Crippen LogP contribution in [0.4, 0.5) is 0 Å². The number of para-hydroxylation sites is 1. The van der Waals surface area contributed by atoms with Gasteiger partial charge in [0.1, 0.15) is 12.4 Å². The Labute approximate surface area is 103 Å². The predicted octanol–water partition coefficient (Wildman–Crippen LogP) is 2.06. The van der Waals surface area contributed by atoms with E-state index in [0.29, 0.717) is 12.6 Å². The van der Waals surface area contributed by atoms with Crippen LogP contribution in [0.15, 0.2) is 18.2 Å². The van der Waals surface area contributed by atoms with Crippen LogP contribution in [-0.4, -0.2) is 31.9 Å². The van der Waals surface area contributed by atoms with Crippen molar-refractivity contribution in [3.63, 3.8) is 0 Å². The van der Waals surface area contributed by atoms with Crippen LogP contribution in [0.2, 0.25) is 0 Å². The number of aryl methyl sites for hydroxylation is 2. The summed E-state index contributed by atoms with van der Waals surface area (Å²) < 4.78 is 11.4. The Kier molecular flexibility index (Phi) is 4.02. The molecule has 0 radical (unpaired) electrons. The summed E-state index contributed by atoms with van der Waals surface area (Å²) in [7, 11) is 0. The minimum atomic E-state index is 0.290. The Morgan fingerprint density at radius 2 is 2.00 bits per heavy atom. The van der Waals surface area contributed by atoms with Gasteiger partial charge in [-0.25, -0.2) is 0 Å². The molecule has 1 N–H and O–H groups in total. The monoisotopic (exact) mass is 235 g/mol. The van der Waals surface area contributed by atoms with Gasteiger partial charge in [-0.2, -0.15) is 0 Å². The summed E-state index contributed by atoms with van der Waals surface area (Å²) in [5.41, 5.74) is 2.38. The fourth-order valence-electron chi connectivity index (χ4n) is 2.19. The number of rotatable bonds is 3. The van der Waals surface area contributed by atoms with E-state index in [1.165, 1.54) is 11.1 Å². The zero-order valence-corrected chi connectivity index (χ0v) is 10.8. The Morgan fingerprint density at radius 3 is 2.65 bits per heavy atom. The molecule has 1 aromatic carbocycles. The second-order valence-corrected chi connectivity index (χ2v) is 4.83. The molecule has 1 aliphatic rings. The normalized spacial score (nSPS) is 24.6. The largest absolute Gasteiger partial charge is 0.491 e. The summed E-state index contributed by atoms with van der Waals surface area (Å²) in [6, 6.07) is 6.92. The highest BCUT2D eigenvalue weighted by molar-refractivity contribution is 5.39. The number of hydrogen-bond donors (Lipinski definition) is 1. The zero-order chi connectivity index (χ0) is 12.3. The first-order valence-electron chi connectivity index (χ1n) is 6.19. The standard InChI is InChI=1S/C14H21NO2/c1-10-5-4-6-11(2)14(10)17-9-13-8-16-7-12(3)15-13/h4-6,12-13,15H,7-9H2,1-3H3. The molecule has 0 amide bonds. The third kappa shape index (κ3) is 3.20. The lowest BCUT2D eigenvalue weighted by Crippen LogP contribution is -2.50. The molecule has 1 heterocycles. The average Bonchev–Trinajstić information content (AvgIpc) is 2.28. The Balaban J connectivity index is 1.93. The summed E-state index contributed by atoms with van der Waals surface area (Å²) in [4.78, 5) is 0. The van der Waals surface area contributed by atoms with Gasteiger partial charge in [-0.3, -0.25) is 0 Å². The molecule has 17 heavy (non-hydrogen) atoms. The molecule has 2 rings (SSSR count). The molecular weight excluding hydrogens is 214 g/mol. The van der Waals surface area contributed by atoms with Crippen molar-refractivity contribution in [2.45, 2.75) is 32.9 Å². The minimum absolute atomic E-state index is 0.290. The van der Waals surface area contributed by atoms with Gasteiger partial charge in [0.2, 0.25) is 0 Å². The lowest BCUT2D eigenvalue weighted by molar-refractivity contribution is 0.0351. The summed E-state index contributed by atoms with van der Waals surface area (Å²) in [6.07, 6.45) is 0. The van der Waals surface area contributed by atoms with E-state index in [4.69, 9.17) is 9.47 Å². The topological polar surface area (TPSA) is 30.5 Å². The fraction of sp³-hybridized carbons (Fsp3) is 0.571. The highest BCUT2D eigenvalue weighted by Gasteiger charge is 2.19. The predicted molar refractivity (Wildman–Crippen MR) is 68.6 cm³/mol. The molecule has 0 aromatic heterocycles. The molecule has 0 aliphatic carbocycles. The Morgan fingerprint density at radius 1 is 1.29 bits per heavy atom. The highest BCUT2D eigenvalue weighted by Crippen LogP contribution is 2.22. The summed E-state index contributed by atoms with van der Waals surface area (Å²) >= 11 is 0. The number of morpholine rings is 1. The number of benzene rings is 1. The molecule has 1 fully saturated rings. The van der Waals surface area contributed by atoms with E-state index in [1.807, 2.05) is 0 Å².